The number of rotatable bonds is 6. The molecular formula is C16H29N7O2S2. The molecule has 1 aromatic heterocycles. The van der Waals surface area contributed by atoms with Gasteiger partial charge in [0.05, 0.1) is 12.3 Å². The molecule has 2 N–H and O–H groups in total. The van der Waals surface area contributed by atoms with Crippen LogP contribution in [0, 0.1) is 0 Å². The Labute approximate surface area is 165 Å². The van der Waals surface area contributed by atoms with Crippen LogP contribution in [0.25, 0.3) is 0 Å². The van der Waals surface area contributed by atoms with E-state index in [1.54, 1.807) is 10.6 Å². The van der Waals surface area contributed by atoms with Crippen molar-refractivity contribution < 1.29 is 8.42 Å². The number of sulfonamides is 1. The molecule has 9 nitrogen and oxygen atoms in total. The van der Waals surface area contributed by atoms with Crippen molar-refractivity contribution in [1.82, 2.24) is 29.7 Å². The van der Waals surface area contributed by atoms with E-state index >= 15 is 0 Å². The number of aromatic nitrogens is 3. The Balaban J connectivity index is 1.53. The lowest BCUT2D eigenvalue weighted by Crippen LogP contribution is -2.46. The third-order valence-electron chi connectivity index (χ3n) is 4.92. The van der Waals surface area contributed by atoms with Gasteiger partial charge in [0.1, 0.15) is 12.2 Å². The van der Waals surface area contributed by atoms with E-state index in [9.17, 15) is 8.42 Å². The maximum absolute atomic E-state index is 12.5. The van der Waals surface area contributed by atoms with Crippen LogP contribution in [0.4, 0.5) is 0 Å². The zero-order valence-electron chi connectivity index (χ0n) is 15.8. The van der Waals surface area contributed by atoms with Crippen molar-refractivity contribution in [1.29, 1.82) is 0 Å². The summed E-state index contributed by atoms with van der Waals surface area (Å²) in [6.07, 6.45) is 3.50. The van der Waals surface area contributed by atoms with Gasteiger partial charge < -0.3 is 10.2 Å². The summed E-state index contributed by atoms with van der Waals surface area (Å²) in [6, 6.07) is 0. The highest BCUT2D eigenvalue weighted by Crippen LogP contribution is 2.24. The number of nitrogens with zero attached hydrogens (tertiary/aromatic N) is 5. The fourth-order valence-electron chi connectivity index (χ4n) is 3.42. The van der Waals surface area contributed by atoms with E-state index in [2.05, 4.69) is 30.4 Å². The number of guanidine groups is 1. The van der Waals surface area contributed by atoms with Crippen molar-refractivity contribution in [3.63, 3.8) is 0 Å². The number of hydrogen-bond acceptors (Lipinski definition) is 6. The first-order valence-electron chi connectivity index (χ1n) is 9.54. The van der Waals surface area contributed by atoms with Gasteiger partial charge in [0.25, 0.3) is 0 Å². The first-order valence-corrected chi connectivity index (χ1v) is 12.3. The van der Waals surface area contributed by atoms with Crippen molar-refractivity contribution in [2.45, 2.75) is 25.7 Å². The number of piperidine rings is 1. The van der Waals surface area contributed by atoms with Gasteiger partial charge in [-0.2, -0.15) is 16.9 Å². The van der Waals surface area contributed by atoms with E-state index in [1.807, 2.05) is 18.7 Å². The number of hydrogen-bond donors (Lipinski definition) is 2. The van der Waals surface area contributed by atoms with Crippen LogP contribution < -0.4 is 5.32 Å². The number of H-pyrrole nitrogens is 1. The topological polar surface area (TPSA) is 107 Å². The zero-order valence-corrected chi connectivity index (χ0v) is 17.4. The maximum Gasteiger partial charge on any atom is 0.215 e. The Morgan fingerprint density at radius 1 is 1.33 bits per heavy atom. The van der Waals surface area contributed by atoms with Crippen LogP contribution in [0.15, 0.2) is 11.3 Å². The molecule has 3 rings (SSSR count). The molecule has 2 fully saturated rings. The molecule has 0 radical (unpaired) electrons. The Bertz CT molecular complexity index is 694. The van der Waals surface area contributed by atoms with Crippen molar-refractivity contribution >= 4 is 27.7 Å². The summed E-state index contributed by atoms with van der Waals surface area (Å²) in [5.74, 6) is 3.97. The van der Waals surface area contributed by atoms with Gasteiger partial charge in [0.15, 0.2) is 5.96 Å². The second kappa shape index (κ2) is 9.74. The van der Waals surface area contributed by atoms with Gasteiger partial charge in [-0.1, -0.05) is 0 Å². The first-order chi connectivity index (χ1) is 13.1. The number of likely N-dealkylation sites (tertiary alicyclic amines) is 1. The fraction of sp³-hybridized carbons (Fsp3) is 0.812. The van der Waals surface area contributed by atoms with Crippen LogP contribution in [-0.2, 0) is 10.0 Å². The van der Waals surface area contributed by atoms with E-state index < -0.39 is 10.0 Å². The SMILES string of the molecule is CCNC(=NCCS(=O)(=O)N1CCSCC1)N1CCC(c2ncn[nH]2)CC1. The van der Waals surface area contributed by atoms with Crippen LogP contribution in [0.3, 0.4) is 0 Å². The number of nitrogens with one attached hydrogen (secondary N) is 2. The Hall–Kier alpha value is -1.33. The van der Waals surface area contributed by atoms with Crippen LogP contribution in [0.1, 0.15) is 31.5 Å². The van der Waals surface area contributed by atoms with Crippen LogP contribution in [-0.4, -0.2) is 95.3 Å². The monoisotopic (exact) mass is 415 g/mol. The van der Waals surface area contributed by atoms with Crippen molar-refractivity contribution in [2.75, 3.05) is 56.5 Å². The molecule has 0 saturated carbocycles. The average molecular weight is 416 g/mol. The second-order valence-electron chi connectivity index (χ2n) is 6.70. The van der Waals surface area contributed by atoms with Gasteiger partial charge in [-0.05, 0) is 19.8 Å². The van der Waals surface area contributed by atoms with Gasteiger partial charge in [0.2, 0.25) is 10.0 Å². The summed E-state index contributed by atoms with van der Waals surface area (Å²) >= 11 is 1.81. The van der Waals surface area contributed by atoms with Gasteiger partial charge in [-0.3, -0.25) is 10.1 Å². The molecule has 0 amide bonds. The average Bonchev–Trinajstić information content (AvgIpc) is 3.23. The molecule has 0 unspecified atom stereocenters. The maximum atomic E-state index is 12.5. The molecule has 27 heavy (non-hydrogen) atoms. The van der Waals surface area contributed by atoms with Crippen LogP contribution in [0.2, 0.25) is 0 Å². The zero-order chi connectivity index (χ0) is 19.1. The molecule has 0 aromatic carbocycles. The predicted molar refractivity (Wildman–Crippen MR) is 109 cm³/mol. The Morgan fingerprint density at radius 2 is 2.07 bits per heavy atom. The lowest BCUT2D eigenvalue weighted by molar-refractivity contribution is 0.299. The smallest absolute Gasteiger partial charge is 0.215 e. The molecule has 152 valence electrons. The molecule has 0 bridgehead atoms. The predicted octanol–water partition coefficient (Wildman–Crippen LogP) is 0.328. The number of aliphatic imine (C=N–C) groups is 1. The van der Waals surface area contributed by atoms with Gasteiger partial charge in [-0.15, -0.1) is 0 Å². The molecule has 1 aromatic rings. The molecule has 0 aliphatic carbocycles. The first kappa shape index (κ1) is 20.4. The van der Waals surface area contributed by atoms with E-state index in [4.69, 9.17) is 0 Å². The van der Waals surface area contributed by atoms with Crippen molar-refractivity contribution in [2.24, 2.45) is 4.99 Å². The van der Waals surface area contributed by atoms with Crippen LogP contribution in [0.5, 0.6) is 0 Å². The minimum atomic E-state index is -3.22. The number of aromatic amines is 1. The highest BCUT2D eigenvalue weighted by Gasteiger charge is 2.26. The third kappa shape index (κ3) is 5.58. The minimum Gasteiger partial charge on any atom is -0.357 e. The second-order valence-corrected chi connectivity index (χ2v) is 10.0. The summed E-state index contributed by atoms with van der Waals surface area (Å²) in [4.78, 5) is 11.1. The molecule has 11 heteroatoms. The quantitative estimate of drug-likeness (QED) is 0.509. The Kier molecular flexibility index (Phi) is 7.36. The van der Waals surface area contributed by atoms with Gasteiger partial charge >= 0.3 is 0 Å². The molecule has 2 aliphatic heterocycles. The number of thioether (sulfide) groups is 1. The highest BCUT2D eigenvalue weighted by atomic mass is 32.2. The lowest BCUT2D eigenvalue weighted by Gasteiger charge is -2.33. The van der Waals surface area contributed by atoms with E-state index in [-0.39, 0.29) is 12.3 Å². The summed E-state index contributed by atoms with van der Waals surface area (Å²) in [5.41, 5.74) is 0. The van der Waals surface area contributed by atoms with Crippen molar-refractivity contribution in [3.05, 3.63) is 12.2 Å². The van der Waals surface area contributed by atoms with Crippen molar-refractivity contribution in [3.8, 4) is 0 Å². The van der Waals surface area contributed by atoms with E-state index in [1.165, 1.54) is 0 Å². The summed E-state index contributed by atoms with van der Waals surface area (Å²) in [5, 5.41) is 10.2. The van der Waals surface area contributed by atoms with Gasteiger partial charge in [0, 0.05) is 50.1 Å². The van der Waals surface area contributed by atoms with E-state index in [0.717, 1.165) is 55.8 Å². The minimum absolute atomic E-state index is 0.0705. The molecule has 2 saturated heterocycles. The fourth-order valence-corrected chi connectivity index (χ4v) is 5.88. The van der Waals surface area contributed by atoms with Gasteiger partial charge in [-0.25, -0.2) is 17.7 Å². The molecule has 3 heterocycles. The lowest BCUT2D eigenvalue weighted by atomic mass is 9.96. The standard InChI is InChI=1S/C16H29N7O2S2/c1-2-17-16(18-5-12-27(24,25)23-8-10-26-11-9-23)22-6-3-14(4-7-22)15-19-13-20-21-15/h13-14H,2-12H2,1H3,(H,17,18)(H,19,20,21). The molecule has 0 atom stereocenters. The molecule has 0 spiro atoms. The highest BCUT2D eigenvalue weighted by molar-refractivity contribution is 7.99. The summed E-state index contributed by atoms with van der Waals surface area (Å²) in [6.45, 7) is 6.05. The largest absolute Gasteiger partial charge is 0.357 e. The summed E-state index contributed by atoms with van der Waals surface area (Å²) < 4.78 is 26.6. The molecular weight excluding hydrogens is 386 g/mol. The van der Waals surface area contributed by atoms with E-state index in [0.29, 0.717) is 19.0 Å². The van der Waals surface area contributed by atoms with Crippen LogP contribution >= 0.6 is 11.8 Å². The normalized spacial score (nSPS) is 20.8. The third-order valence-corrected chi connectivity index (χ3v) is 7.72. The molecule has 2 aliphatic rings. The Morgan fingerprint density at radius 3 is 2.70 bits per heavy atom. The summed E-state index contributed by atoms with van der Waals surface area (Å²) in [7, 11) is -3.22.